The van der Waals surface area contributed by atoms with E-state index in [0.717, 1.165) is 16.9 Å². The van der Waals surface area contributed by atoms with Gasteiger partial charge in [0, 0.05) is 0 Å². The molecule has 0 aromatic carbocycles. The number of thiophene rings is 1. The minimum absolute atomic E-state index is 0.234. The number of aryl methyl sites for hydroxylation is 1. The SMILES string of the molecule is [B]c1c(C)csc1C(=O)O. The zero-order valence-corrected chi connectivity index (χ0v) is 6.23. The van der Waals surface area contributed by atoms with Gasteiger partial charge in [0.15, 0.2) is 0 Å². The molecule has 2 nitrogen and oxygen atoms in total. The molecule has 0 atom stereocenters. The van der Waals surface area contributed by atoms with E-state index in [1.165, 1.54) is 0 Å². The molecule has 0 unspecified atom stereocenters. The topological polar surface area (TPSA) is 37.3 Å². The lowest BCUT2D eigenvalue weighted by molar-refractivity contribution is 0.0703. The van der Waals surface area contributed by atoms with Gasteiger partial charge in [0.05, 0.1) is 0 Å². The first-order chi connectivity index (χ1) is 4.63. The molecule has 2 radical (unpaired) electrons. The van der Waals surface area contributed by atoms with Crippen LogP contribution in [0.5, 0.6) is 0 Å². The minimum atomic E-state index is -0.949. The predicted octanol–water partition coefficient (Wildman–Crippen LogP) is 0.549. The van der Waals surface area contributed by atoms with Crippen molar-refractivity contribution in [2.75, 3.05) is 0 Å². The van der Waals surface area contributed by atoms with Crippen molar-refractivity contribution in [2.45, 2.75) is 6.92 Å². The summed E-state index contributed by atoms with van der Waals surface area (Å²) in [6, 6.07) is 0. The normalized spacial score (nSPS) is 9.70. The fraction of sp³-hybridized carbons (Fsp3) is 0.167. The third-order valence-corrected chi connectivity index (χ3v) is 2.32. The van der Waals surface area contributed by atoms with E-state index in [1.54, 1.807) is 12.3 Å². The minimum Gasteiger partial charge on any atom is -0.477 e. The van der Waals surface area contributed by atoms with E-state index >= 15 is 0 Å². The summed E-state index contributed by atoms with van der Waals surface area (Å²) >= 11 is 1.16. The first-order valence-corrected chi connectivity index (χ1v) is 3.57. The highest BCUT2D eigenvalue weighted by molar-refractivity contribution is 7.13. The molecule has 50 valence electrons. The lowest BCUT2D eigenvalue weighted by atomic mass is 9.93. The molecule has 10 heavy (non-hydrogen) atoms. The first kappa shape index (κ1) is 7.34. The van der Waals surface area contributed by atoms with Crippen LogP contribution in [0.1, 0.15) is 15.2 Å². The number of hydrogen-bond donors (Lipinski definition) is 1. The van der Waals surface area contributed by atoms with Crippen LogP contribution in [0.2, 0.25) is 0 Å². The van der Waals surface area contributed by atoms with Crippen molar-refractivity contribution >= 4 is 30.6 Å². The Bertz CT molecular complexity index is 267. The van der Waals surface area contributed by atoms with Crippen LogP contribution in [0.4, 0.5) is 0 Å². The Labute approximate surface area is 63.9 Å². The zero-order valence-electron chi connectivity index (χ0n) is 5.42. The van der Waals surface area contributed by atoms with Crippen LogP contribution in [0, 0.1) is 6.92 Å². The fourth-order valence-electron chi connectivity index (χ4n) is 0.619. The Kier molecular flexibility index (Phi) is 1.81. The lowest BCUT2D eigenvalue weighted by Gasteiger charge is -1.90. The van der Waals surface area contributed by atoms with E-state index in [4.69, 9.17) is 13.0 Å². The number of carbonyl (C=O) groups is 1. The summed E-state index contributed by atoms with van der Waals surface area (Å²) in [4.78, 5) is 10.6. The van der Waals surface area contributed by atoms with Gasteiger partial charge in [-0.25, -0.2) is 4.79 Å². The summed E-state index contributed by atoms with van der Waals surface area (Å²) in [7, 11) is 5.43. The molecule has 1 aromatic heterocycles. The maximum absolute atomic E-state index is 10.4. The molecule has 1 rings (SSSR count). The molecular formula is C6H5BO2S. The Balaban J connectivity index is 3.17. The number of carboxylic acids is 1. The molecular weight excluding hydrogens is 147 g/mol. The molecule has 1 N–H and O–H groups in total. The Morgan fingerprint density at radius 2 is 2.40 bits per heavy atom. The monoisotopic (exact) mass is 152 g/mol. The van der Waals surface area contributed by atoms with Crippen LogP contribution in [-0.2, 0) is 0 Å². The second-order valence-corrected chi connectivity index (χ2v) is 2.85. The third-order valence-electron chi connectivity index (χ3n) is 1.22. The number of hydrogen-bond acceptors (Lipinski definition) is 2. The highest BCUT2D eigenvalue weighted by Crippen LogP contribution is 2.09. The van der Waals surface area contributed by atoms with Gasteiger partial charge < -0.3 is 5.11 Å². The van der Waals surface area contributed by atoms with Gasteiger partial charge in [-0.1, -0.05) is 5.46 Å². The second kappa shape index (κ2) is 2.46. The van der Waals surface area contributed by atoms with Crippen LogP contribution < -0.4 is 5.46 Å². The molecule has 0 fully saturated rings. The van der Waals surface area contributed by atoms with Crippen molar-refractivity contribution in [2.24, 2.45) is 0 Å². The third kappa shape index (κ3) is 1.07. The number of aromatic carboxylic acids is 1. The molecule has 0 aliphatic carbocycles. The van der Waals surface area contributed by atoms with E-state index in [1.807, 2.05) is 0 Å². The van der Waals surface area contributed by atoms with Gasteiger partial charge in [-0.15, -0.1) is 11.3 Å². The molecule has 1 aromatic rings. The Morgan fingerprint density at radius 3 is 2.60 bits per heavy atom. The van der Waals surface area contributed by atoms with Gasteiger partial charge in [-0.3, -0.25) is 0 Å². The average Bonchev–Trinajstić information content (AvgIpc) is 2.14. The van der Waals surface area contributed by atoms with Crippen molar-refractivity contribution in [3.05, 3.63) is 15.8 Å². The van der Waals surface area contributed by atoms with Crippen LogP contribution in [0.25, 0.3) is 0 Å². The second-order valence-electron chi connectivity index (χ2n) is 1.97. The highest BCUT2D eigenvalue weighted by Gasteiger charge is 2.09. The van der Waals surface area contributed by atoms with Crippen molar-refractivity contribution in [3.8, 4) is 0 Å². The predicted molar refractivity (Wildman–Crippen MR) is 41.4 cm³/mol. The van der Waals surface area contributed by atoms with Crippen molar-refractivity contribution in [1.82, 2.24) is 0 Å². The molecule has 0 amide bonds. The van der Waals surface area contributed by atoms with Gasteiger partial charge in [0.25, 0.3) is 0 Å². The summed E-state index contributed by atoms with van der Waals surface area (Å²) in [6.45, 7) is 1.79. The summed E-state index contributed by atoms with van der Waals surface area (Å²) < 4.78 is 0. The molecule has 1 heterocycles. The van der Waals surface area contributed by atoms with E-state index < -0.39 is 5.97 Å². The molecule has 0 aliphatic rings. The summed E-state index contributed by atoms with van der Waals surface area (Å²) in [5.74, 6) is -0.949. The summed E-state index contributed by atoms with van der Waals surface area (Å²) in [5, 5.41) is 10.2. The van der Waals surface area contributed by atoms with Gasteiger partial charge in [-0.2, -0.15) is 0 Å². The van der Waals surface area contributed by atoms with Gasteiger partial charge in [0.2, 0.25) is 0 Å². The Morgan fingerprint density at radius 1 is 1.80 bits per heavy atom. The summed E-state index contributed by atoms with van der Waals surface area (Å²) in [5.41, 5.74) is 1.22. The maximum Gasteiger partial charge on any atom is 0.345 e. The Hall–Kier alpha value is -0.765. The van der Waals surface area contributed by atoms with E-state index in [2.05, 4.69) is 0 Å². The van der Waals surface area contributed by atoms with Gasteiger partial charge in [-0.05, 0) is 17.9 Å². The number of rotatable bonds is 1. The average molecular weight is 152 g/mol. The molecule has 0 saturated heterocycles. The van der Waals surface area contributed by atoms with Gasteiger partial charge in [0.1, 0.15) is 12.7 Å². The van der Waals surface area contributed by atoms with E-state index in [0.29, 0.717) is 5.46 Å². The molecule has 0 spiro atoms. The van der Waals surface area contributed by atoms with Crippen LogP contribution in [-0.4, -0.2) is 18.9 Å². The maximum atomic E-state index is 10.4. The molecule has 0 bridgehead atoms. The van der Waals surface area contributed by atoms with Crippen molar-refractivity contribution in [3.63, 3.8) is 0 Å². The highest BCUT2D eigenvalue weighted by atomic mass is 32.1. The number of carboxylic acid groups (broad SMARTS) is 1. The molecule has 4 heteroatoms. The summed E-state index contributed by atoms with van der Waals surface area (Å²) in [6.07, 6.45) is 0. The standard InChI is InChI=1S/C6H5BO2S/c1-3-2-10-5(4(3)7)6(8)9/h2H,1H3,(H,8,9). The van der Waals surface area contributed by atoms with E-state index in [9.17, 15) is 4.79 Å². The van der Waals surface area contributed by atoms with Crippen LogP contribution >= 0.6 is 11.3 Å². The lowest BCUT2D eigenvalue weighted by Crippen LogP contribution is -2.12. The van der Waals surface area contributed by atoms with Crippen LogP contribution in [0.3, 0.4) is 0 Å². The van der Waals surface area contributed by atoms with Gasteiger partial charge >= 0.3 is 5.97 Å². The smallest absolute Gasteiger partial charge is 0.345 e. The first-order valence-electron chi connectivity index (χ1n) is 2.69. The zero-order chi connectivity index (χ0) is 7.72. The molecule has 0 saturated carbocycles. The molecule has 0 aliphatic heterocycles. The van der Waals surface area contributed by atoms with Crippen molar-refractivity contribution in [1.29, 1.82) is 0 Å². The van der Waals surface area contributed by atoms with Crippen LogP contribution in [0.15, 0.2) is 5.38 Å². The quantitative estimate of drug-likeness (QED) is 0.596. The fourth-order valence-corrected chi connectivity index (χ4v) is 1.43. The largest absolute Gasteiger partial charge is 0.477 e. The van der Waals surface area contributed by atoms with Crippen molar-refractivity contribution < 1.29 is 9.90 Å². The van der Waals surface area contributed by atoms with E-state index in [-0.39, 0.29) is 4.88 Å².